The number of methoxy groups -OCH3 is 1. The van der Waals surface area contributed by atoms with Crippen molar-refractivity contribution in [3.05, 3.63) is 29.6 Å². The van der Waals surface area contributed by atoms with Gasteiger partial charge in [0.05, 0.1) is 12.7 Å². The molecule has 1 aromatic heterocycles. The fourth-order valence-corrected chi connectivity index (χ4v) is 1.19. The summed E-state index contributed by atoms with van der Waals surface area (Å²) in [5.74, 6) is -0.672. The van der Waals surface area contributed by atoms with Gasteiger partial charge in [0.15, 0.2) is 5.69 Å². The number of nitrogens with zero attached hydrogens (tertiary/aromatic N) is 1. The third-order valence-corrected chi connectivity index (χ3v) is 1.85. The lowest BCUT2D eigenvalue weighted by Gasteiger charge is -2.19. The molecule has 17 heavy (non-hydrogen) atoms. The summed E-state index contributed by atoms with van der Waals surface area (Å²) in [6.07, 6.45) is 1.48. The Morgan fingerprint density at radius 1 is 1.41 bits per heavy atom. The van der Waals surface area contributed by atoms with Gasteiger partial charge < -0.3 is 9.47 Å². The molecule has 0 bridgehead atoms. The monoisotopic (exact) mass is 236 g/mol. The van der Waals surface area contributed by atoms with Gasteiger partial charge in [-0.25, -0.2) is 9.78 Å². The molecule has 1 rings (SSSR count). The summed E-state index contributed by atoms with van der Waals surface area (Å²) >= 11 is 0. The van der Waals surface area contributed by atoms with Crippen LogP contribution in [0.4, 0.5) is 0 Å². The largest absolute Gasteiger partial charge is 0.481 e. The van der Waals surface area contributed by atoms with E-state index in [0.717, 1.165) is 0 Å². The highest BCUT2D eigenvalue weighted by molar-refractivity contribution is 6.02. The number of carbonyl (C=O) groups excluding carboxylic acids is 1. The highest BCUT2D eigenvalue weighted by atomic mass is 16.6. The molecule has 0 atom stereocenters. The number of hydrogen-bond acceptors (Lipinski definition) is 5. The average Bonchev–Trinajstić information content (AvgIpc) is 2.25. The predicted octanol–water partition coefficient (Wildman–Crippen LogP) is 2.01. The van der Waals surface area contributed by atoms with Crippen LogP contribution >= 0.6 is 0 Å². The molecular weight excluding hydrogens is 220 g/mol. The SMILES string of the molecule is COC(=N)c1cccnc1C(=O)OC(C)(C)C. The standard InChI is InChI=1S/C12H16N2O3/c1-12(2,3)17-11(15)9-8(10(13)16-4)6-5-7-14-9/h5-7,13H,1-4H3. The summed E-state index contributed by atoms with van der Waals surface area (Å²) in [5.41, 5.74) is -0.181. The second-order valence-corrected chi connectivity index (χ2v) is 4.43. The molecule has 0 saturated carbocycles. The predicted molar refractivity (Wildman–Crippen MR) is 63.2 cm³/mol. The van der Waals surface area contributed by atoms with Gasteiger partial charge in [0.1, 0.15) is 5.60 Å². The number of pyridine rings is 1. The number of carbonyl (C=O) groups is 1. The molecule has 0 aliphatic rings. The van der Waals surface area contributed by atoms with E-state index in [1.54, 1.807) is 32.9 Å². The van der Waals surface area contributed by atoms with E-state index < -0.39 is 11.6 Å². The number of rotatable bonds is 2. The maximum Gasteiger partial charge on any atom is 0.358 e. The summed E-state index contributed by atoms with van der Waals surface area (Å²) in [7, 11) is 1.37. The molecule has 1 heterocycles. The van der Waals surface area contributed by atoms with E-state index in [-0.39, 0.29) is 11.6 Å². The minimum Gasteiger partial charge on any atom is -0.481 e. The van der Waals surface area contributed by atoms with Crippen molar-refractivity contribution in [3.63, 3.8) is 0 Å². The first-order valence-corrected chi connectivity index (χ1v) is 5.16. The Morgan fingerprint density at radius 3 is 2.59 bits per heavy atom. The fourth-order valence-electron chi connectivity index (χ4n) is 1.19. The zero-order valence-electron chi connectivity index (χ0n) is 10.4. The van der Waals surface area contributed by atoms with Crippen molar-refractivity contribution in [2.75, 3.05) is 7.11 Å². The zero-order chi connectivity index (χ0) is 13.1. The van der Waals surface area contributed by atoms with Gasteiger partial charge in [-0.05, 0) is 32.9 Å². The van der Waals surface area contributed by atoms with Gasteiger partial charge in [0, 0.05) is 6.20 Å². The van der Waals surface area contributed by atoms with Gasteiger partial charge in [0.25, 0.3) is 0 Å². The topological polar surface area (TPSA) is 72.3 Å². The number of aromatic nitrogens is 1. The third kappa shape index (κ3) is 3.55. The molecule has 0 radical (unpaired) electrons. The molecule has 0 aliphatic heterocycles. The summed E-state index contributed by atoms with van der Waals surface area (Å²) in [6, 6.07) is 3.23. The number of ether oxygens (including phenoxy) is 2. The maximum absolute atomic E-state index is 11.9. The molecule has 1 aromatic rings. The highest BCUT2D eigenvalue weighted by Gasteiger charge is 2.23. The first-order chi connectivity index (χ1) is 7.85. The van der Waals surface area contributed by atoms with Gasteiger partial charge in [-0.2, -0.15) is 0 Å². The molecule has 0 saturated heterocycles. The first-order valence-electron chi connectivity index (χ1n) is 5.16. The van der Waals surface area contributed by atoms with E-state index in [4.69, 9.17) is 14.9 Å². The van der Waals surface area contributed by atoms with Crippen molar-refractivity contribution in [2.45, 2.75) is 26.4 Å². The van der Waals surface area contributed by atoms with E-state index in [0.29, 0.717) is 5.56 Å². The molecule has 0 unspecified atom stereocenters. The second-order valence-electron chi connectivity index (χ2n) is 4.43. The first kappa shape index (κ1) is 13.2. The van der Waals surface area contributed by atoms with E-state index in [2.05, 4.69) is 4.98 Å². The van der Waals surface area contributed by atoms with Crippen LogP contribution in [0, 0.1) is 5.41 Å². The maximum atomic E-state index is 11.9. The molecule has 0 amide bonds. The van der Waals surface area contributed by atoms with E-state index in [1.807, 2.05) is 0 Å². The van der Waals surface area contributed by atoms with E-state index >= 15 is 0 Å². The van der Waals surface area contributed by atoms with Crippen molar-refractivity contribution in [1.29, 1.82) is 5.41 Å². The van der Waals surface area contributed by atoms with Crippen LogP contribution in [0.25, 0.3) is 0 Å². The van der Waals surface area contributed by atoms with Crippen LogP contribution < -0.4 is 0 Å². The lowest BCUT2D eigenvalue weighted by atomic mass is 10.1. The van der Waals surface area contributed by atoms with Crippen LogP contribution in [0.5, 0.6) is 0 Å². The lowest BCUT2D eigenvalue weighted by Crippen LogP contribution is -2.26. The van der Waals surface area contributed by atoms with Crippen LogP contribution in [0.3, 0.4) is 0 Å². The molecule has 0 spiro atoms. The Labute approximate surface area is 100 Å². The van der Waals surface area contributed by atoms with Gasteiger partial charge in [-0.1, -0.05) is 0 Å². The minimum absolute atomic E-state index is 0.0919. The quantitative estimate of drug-likeness (QED) is 0.484. The molecule has 5 heteroatoms. The van der Waals surface area contributed by atoms with Crippen LogP contribution in [0.1, 0.15) is 36.8 Å². The summed E-state index contributed by atoms with van der Waals surface area (Å²) in [5, 5.41) is 7.57. The van der Waals surface area contributed by atoms with Crippen molar-refractivity contribution in [1.82, 2.24) is 4.98 Å². The molecule has 92 valence electrons. The summed E-state index contributed by atoms with van der Waals surface area (Å²) in [6.45, 7) is 5.32. The van der Waals surface area contributed by atoms with Crippen LogP contribution in [-0.4, -0.2) is 29.6 Å². The van der Waals surface area contributed by atoms with Gasteiger partial charge in [0.2, 0.25) is 5.90 Å². The Bertz CT molecular complexity index is 436. The second kappa shape index (κ2) is 4.95. The third-order valence-electron chi connectivity index (χ3n) is 1.85. The summed E-state index contributed by atoms with van der Waals surface area (Å²) in [4.78, 5) is 15.8. The van der Waals surface area contributed by atoms with Crippen molar-refractivity contribution < 1.29 is 14.3 Å². The van der Waals surface area contributed by atoms with Crippen LogP contribution in [0.2, 0.25) is 0 Å². The molecule has 1 N–H and O–H groups in total. The number of nitrogens with one attached hydrogen (secondary N) is 1. The van der Waals surface area contributed by atoms with E-state index in [1.165, 1.54) is 13.3 Å². The van der Waals surface area contributed by atoms with Crippen molar-refractivity contribution >= 4 is 11.9 Å². The van der Waals surface area contributed by atoms with Crippen LogP contribution in [-0.2, 0) is 9.47 Å². The highest BCUT2D eigenvalue weighted by Crippen LogP contribution is 2.14. The van der Waals surface area contributed by atoms with Gasteiger partial charge in [-0.15, -0.1) is 0 Å². The number of esters is 1. The van der Waals surface area contributed by atoms with E-state index in [9.17, 15) is 4.79 Å². The zero-order valence-corrected chi connectivity index (χ0v) is 10.4. The molecule has 0 aromatic carbocycles. The van der Waals surface area contributed by atoms with Crippen molar-refractivity contribution in [3.8, 4) is 0 Å². The normalized spacial score (nSPS) is 10.8. The minimum atomic E-state index is -0.596. The Morgan fingerprint density at radius 2 is 2.06 bits per heavy atom. The van der Waals surface area contributed by atoms with Gasteiger partial charge in [-0.3, -0.25) is 5.41 Å². The Balaban J connectivity index is 3.05. The fraction of sp³-hybridized carbons (Fsp3) is 0.417. The molecule has 0 aliphatic carbocycles. The smallest absolute Gasteiger partial charge is 0.358 e. The number of hydrogen-bond donors (Lipinski definition) is 1. The molecular formula is C12H16N2O3. The van der Waals surface area contributed by atoms with Crippen LogP contribution in [0.15, 0.2) is 18.3 Å². The lowest BCUT2D eigenvalue weighted by molar-refractivity contribution is 0.00622. The van der Waals surface area contributed by atoms with Crippen molar-refractivity contribution in [2.24, 2.45) is 0 Å². The average molecular weight is 236 g/mol. The Hall–Kier alpha value is -1.91. The molecule has 0 fully saturated rings. The molecule has 5 nitrogen and oxygen atoms in total. The summed E-state index contributed by atoms with van der Waals surface area (Å²) < 4.78 is 10.00. The van der Waals surface area contributed by atoms with Gasteiger partial charge >= 0.3 is 5.97 Å². The Kier molecular flexibility index (Phi) is 3.83.